The Kier molecular flexibility index (Phi) is 6.46. The Bertz CT molecular complexity index is 926. The molecule has 3 rings (SSSR count). The van der Waals surface area contributed by atoms with Gasteiger partial charge in [-0.2, -0.15) is 0 Å². The van der Waals surface area contributed by atoms with E-state index in [1.165, 1.54) is 0 Å². The third kappa shape index (κ3) is 4.93. The van der Waals surface area contributed by atoms with E-state index in [1.54, 1.807) is 65.9 Å². The first-order chi connectivity index (χ1) is 12.5. The van der Waals surface area contributed by atoms with Crippen LogP contribution in [-0.2, 0) is 11.4 Å². The van der Waals surface area contributed by atoms with Crippen molar-refractivity contribution in [1.82, 2.24) is 15.0 Å². The van der Waals surface area contributed by atoms with Gasteiger partial charge < -0.3 is 4.57 Å². The van der Waals surface area contributed by atoms with E-state index >= 15 is 0 Å². The Labute approximate surface area is 170 Å². The molecule has 0 saturated carbocycles. The number of benzene rings is 2. The highest BCUT2D eigenvalue weighted by Crippen LogP contribution is 2.27. The number of imidazole rings is 1. The molecule has 0 spiro atoms. The predicted molar refractivity (Wildman–Crippen MR) is 107 cm³/mol. The van der Waals surface area contributed by atoms with Gasteiger partial charge in [-0.25, -0.2) is 4.98 Å². The van der Waals surface area contributed by atoms with E-state index < -0.39 is 0 Å². The Morgan fingerprint density at radius 2 is 1.77 bits per heavy atom. The maximum absolute atomic E-state index is 6.32. The zero-order valence-electron chi connectivity index (χ0n) is 13.3. The van der Waals surface area contributed by atoms with E-state index in [4.69, 9.17) is 51.2 Å². The van der Waals surface area contributed by atoms with Gasteiger partial charge in [-0.05, 0) is 35.9 Å². The molecule has 0 fully saturated rings. The molecule has 8 heteroatoms. The topological polar surface area (TPSA) is 39.1 Å². The second-order valence-corrected chi connectivity index (χ2v) is 6.99. The number of aromatic nitrogens is 2. The summed E-state index contributed by atoms with van der Waals surface area (Å²) in [7, 11) is 0. The van der Waals surface area contributed by atoms with Crippen LogP contribution in [0.2, 0.25) is 20.1 Å². The van der Waals surface area contributed by atoms with Crippen LogP contribution >= 0.6 is 46.4 Å². The first-order valence-corrected chi connectivity index (χ1v) is 9.00. The lowest BCUT2D eigenvalue weighted by Crippen LogP contribution is -2.14. The number of hydrogen-bond acceptors (Lipinski definition) is 3. The molecule has 0 aliphatic carbocycles. The van der Waals surface area contributed by atoms with E-state index in [-0.39, 0.29) is 6.61 Å². The van der Waals surface area contributed by atoms with Gasteiger partial charge in [0.1, 0.15) is 6.61 Å². The van der Waals surface area contributed by atoms with Gasteiger partial charge in [0, 0.05) is 39.2 Å². The van der Waals surface area contributed by atoms with Crippen LogP contribution in [0, 0.1) is 0 Å². The molecule has 1 aromatic heterocycles. The Morgan fingerprint density at radius 3 is 2.42 bits per heavy atom. The molecule has 2 aromatic carbocycles. The third-order valence-electron chi connectivity index (χ3n) is 3.45. The molecule has 1 heterocycles. The second kappa shape index (κ2) is 8.80. The van der Waals surface area contributed by atoms with E-state index in [1.807, 2.05) is 0 Å². The lowest BCUT2D eigenvalue weighted by Gasteiger charge is -2.14. The summed E-state index contributed by atoms with van der Waals surface area (Å²) in [5, 5.41) is 2.14. The predicted octanol–water partition coefficient (Wildman–Crippen LogP) is 6.17. The molecule has 26 heavy (non-hydrogen) atoms. The zero-order valence-corrected chi connectivity index (χ0v) is 16.3. The SMILES string of the molecule is Clc1ccc(CON/C(=C/n2ccnc2)c2ccc(Cl)cc2Cl)c(Cl)c1. The van der Waals surface area contributed by atoms with Crippen LogP contribution in [0.3, 0.4) is 0 Å². The van der Waals surface area contributed by atoms with Crippen LogP contribution in [0.4, 0.5) is 0 Å². The molecular weight excluding hydrogens is 416 g/mol. The van der Waals surface area contributed by atoms with Crippen LogP contribution < -0.4 is 5.48 Å². The fourth-order valence-corrected chi connectivity index (χ4v) is 3.16. The van der Waals surface area contributed by atoms with Crippen LogP contribution in [0.5, 0.6) is 0 Å². The average Bonchev–Trinajstić information content (AvgIpc) is 3.09. The fourth-order valence-electron chi connectivity index (χ4n) is 2.18. The standard InChI is InChI=1S/C18H13Cl4N3O/c19-13-2-1-12(16(21)7-13)10-26-24-18(9-25-6-5-23-11-25)15-4-3-14(20)8-17(15)22/h1-9,11,24H,10H2/b18-9+. The largest absolute Gasteiger partial charge is 0.311 e. The Hall–Kier alpha value is -1.69. The summed E-state index contributed by atoms with van der Waals surface area (Å²) < 4.78 is 1.77. The van der Waals surface area contributed by atoms with Crippen molar-refractivity contribution in [1.29, 1.82) is 0 Å². The zero-order chi connectivity index (χ0) is 18.5. The lowest BCUT2D eigenvalue weighted by molar-refractivity contribution is 0.0650. The molecule has 0 saturated heterocycles. The van der Waals surface area contributed by atoms with E-state index in [2.05, 4.69) is 10.5 Å². The van der Waals surface area contributed by atoms with Crippen molar-refractivity contribution in [2.45, 2.75) is 6.61 Å². The van der Waals surface area contributed by atoms with Crippen LogP contribution in [0.1, 0.15) is 11.1 Å². The second-order valence-electron chi connectivity index (χ2n) is 5.30. The number of halogens is 4. The summed E-state index contributed by atoms with van der Waals surface area (Å²) in [6.45, 7) is 0.239. The van der Waals surface area contributed by atoms with Crippen molar-refractivity contribution in [3.8, 4) is 0 Å². The minimum atomic E-state index is 0.239. The monoisotopic (exact) mass is 427 g/mol. The van der Waals surface area contributed by atoms with Crippen molar-refractivity contribution < 1.29 is 4.84 Å². The maximum Gasteiger partial charge on any atom is 0.101 e. The molecule has 3 aromatic rings. The van der Waals surface area contributed by atoms with Crippen molar-refractivity contribution in [3.05, 3.63) is 86.3 Å². The molecule has 0 aliphatic rings. The molecule has 0 aliphatic heterocycles. The molecule has 0 bridgehead atoms. The average molecular weight is 429 g/mol. The quantitative estimate of drug-likeness (QED) is 0.477. The summed E-state index contributed by atoms with van der Waals surface area (Å²) in [5.74, 6) is 0. The van der Waals surface area contributed by atoms with Gasteiger partial charge in [0.2, 0.25) is 0 Å². The molecule has 0 atom stereocenters. The minimum Gasteiger partial charge on any atom is -0.311 e. The van der Waals surface area contributed by atoms with E-state index in [9.17, 15) is 0 Å². The summed E-state index contributed by atoms with van der Waals surface area (Å²) in [6, 6.07) is 10.4. The van der Waals surface area contributed by atoms with Gasteiger partial charge in [0.05, 0.1) is 17.0 Å². The van der Waals surface area contributed by atoms with Gasteiger partial charge in [-0.15, -0.1) is 0 Å². The summed E-state index contributed by atoms with van der Waals surface area (Å²) in [6.07, 6.45) is 6.92. The minimum absolute atomic E-state index is 0.239. The number of nitrogens with one attached hydrogen (secondary N) is 1. The van der Waals surface area contributed by atoms with E-state index in [0.717, 1.165) is 11.1 Å². The van der Waals surface area contributed by atoms with Gasteiger partial charge >= 0.3 is 0 Å². The highest BCUT2D eigenvalue weighted by atomic mass is 35.5. The van der Waals surface area contributed by atoms with Gasteiger partial charge in [-0.3, -0.25) is 10.3 Å². The van der Waals surface area contributed by atoms with Gasteiger partial charge in [-0.1, -0.05) is 52.5 Å². The molecule has 1 N–H and O–H groups in total. The number of hydrogen-bond donors (Lipinski definition) is 1. The third-order valence-corrected chi connectivity index (χ3v) is 4.58. The summed E-state index contributed by atoms with van der Waals surface area (Å²) in [4.78, 5) is 9.64. The van der Waals surface area contributed by atoms with Gasteiger partial charge in [0.15, 0.2) is 0 Å². The van der Waals surface area contributed by atoms with Crippen LogP contribution in [0.25, 0.3) is 11.9 Å². The fraction of sp³-hybridized carbons (Fsp3) is 0.0556. The lowest BCUT2D eigenvalue weighted by atomic mass is 10.2. The molecule has 0 amide bonds. The van der Waals surface area contributed by atoms with Crippen molar-refractivity contribution in [2.75, 3.05) is 0 Å². The highest BCUT2D eigenvalue weighted by molar-refractivity contribution is 6.36. The van der Waals surface area contributed by atoms with Gasteiger partial charge in [0.25, 0.3) is 0 Å². The number of nitrogens with zero attached hydrogens (tertiary/aromatic N) is 2. The van der Waals surface area contributed by atoms with E-state index in [0.29, 0.717) is 25.8 Å². The van der Waals surface area contributed by atoms with Crippen LogP contribution in [-0.4, -0.2) is 9.55 Å². The Balaban J connectivity index is 1.80. The number of hydroxylamine groups is 1. The first kappa shape index (κ1) is 19.1. The Morgan fingerprint density at radius 1 is 1.04 bits per heavy atom. The summed E-state index contributed by atoms with van der Waals surface area (Å²) >= 11 is 24.4. The van der Waals surface area contributed by atoms with Crippen molar-refractivity contribution in [2.24, 2.45) is 0 Å². The molecule has 134 valence electrons. The van der Waals surface area contributed by atoms with Crippen molar-refractivity contribution >= 4 is 58.3 Å². The molecule has 0 radical (unpaired) electrons. The molecule has 0 unspecified atom stereocenters. The maximum atomic E-state index is 6.32. The smallest absolute Gasteiger partial charge is 0.101 e. The normalized spacial score (nSPS) is 11.6. The molecule has 4 nitrogen and oxygen atoms in total. The van der Waals surface area contributed by atoms with Crippen LogP contribution in [0.15, 0.2) is 55.1 Å². The van der Waals surface area contributed by atoms with Crippen molar-refractivity contribution in [3.63, 3.8) is 0 Å². The summed E-state index contributed by atoms with van der Waals surface area (Å²) in [5.41, 5.74) is 5.08. The highest BCUT2D eigenvalue weighted by Gasteiger charge is 2.09. The first-order valence-electron chi connectivity index (χ1n) is 7.49. The number of rotatable bonds is 6. The molecular formula is C18H13Cl4N3O.